The molecule has 1 aromatic carbocycles. The number of amides is 3. The number of anilines is 1. The number of nitrogens with one attached hydrogen (secondary N) is 2. The van der Waals surface area contributed by atoms with Gasteiger partial charge in [0.1, 0.15) is 5.75 Å². The molecule has 0 aliphatic carbocycles. The Hall–Kier alpha value is -3.29. The minimum Gasteiger partial charge on any atom is -0.494 e. The number of hydrogen-bond acceptors (Lipinski definition) is 4. The van der Waals surface area contributed by atoms with Gasteiger partial charge in [0.2, 0.25) is 5.91 Å². The summed E-state index contributed by atoms with van der Waals surface area (Å²) in [6.07, 6.45) is 3.28. The van der Waals surface area contributed by atoms with Crippen molar-refractivity contribution < 1.29 is 14.3 Å². The van der Waals surface area contributed by atoms with E-state index in [1.807, 2.05) is 39.8 Å². The molecule has 8 heteroatoms. The molecule has 3 amide bonds. The Morgan fingerprint density at radius 2 is 1.91 bits per heavy atom. The Labute approximate surface area is 193 Å². The highest BCUT2D eigenvalue weighted by molar-refractivity contribution is 5.91. The number of hydrogen-bond donors (Lipinski definition) is 2. The molecule has 2 aliphatic rings. The molecule has 8 nitrogen and oxygen atoms in total. The van der Waals surface area contributed by atoms with Gasteiger partial charge in [-0.3, -0.25) is 9.59 Å². The zero-order valence-electron chi connectivity index (χ0n) is 19.1. The van der Waals surface area contributed by atoms with Gasteiger partial charge < -0.3 is 24.8 Å². The second-order valence-corrected chi connectivity index (χ2v) is 8.86. The van der Waals surface area contributed by atoms with Crippen molar-refractivity contribution in [3.05, 3.63) is 58.5 Å². The number of unbranched alkanes of at least 4 members (excludes halogenated alkanes) is 1. The number of ether oxygens (including phenoxy) is 1. The molecule has 1 fully saturated rings. The van der Waals surface area contributed by atoms with Crippen molar-refractivity contribution in [2.24, 2.45) is 5.92 Å². The summed E-state index contributed by atoms with van der Waals surface area (Å²) in [7, 11) is 0. The van der Waals surface area contributed by atoms with Crippen LogP contribution in [0, 0.1) is 5.92 Å². The number of urea groups is 1. The maximum atomic E-state index is 12.7. The normalized spacial score (nSPS) is 18.9. The van der Waals surface area contributed by atoms with E-state index in [4.69, 9.17) is 4.74 Å². The van der Waals surface area contributed by atoms with Crippen LogP contribution < -0.4 is 20.9 Å². The second-order valence-electron chi connectivity index (χ2n) is 8.86. The highest BCUT2D eigenvalue weighted by atomic mass is 16.5. The zero-order valence-corrected chi connectivity index (χ0v) is 19.1. The molecule has 0 spiro atoms. The standard InChI is InChI=1S/C25H32N4O4/c1-2-3-13-33-21-9-7-20(8-10-21)27-23(30)11-12-26-25(32)28-15-18-14-19(17-28)22-5-4-6-24(31)29(22)16-18/h4-10,18-19H,2-3,11-17H2,1H3,(H,26,32)(H,27,30)/t18-,19-/m0/s1. The Morgan fingerprint density at radius 3 is 2.70 bits per heavy atom. The maximum Gasteiger partial charge on any atom is 0.317 e. The number of benzene rings is 1. The first-order valence-corrected chi connectivity index (χ1v) is 11.8. The number of carbonyl (C=O) groups is 2. The number of carbonyl (C=O) groups excluding carboxylic acids is 2. The van der Waals surface area contributed by atoms with E-state index in [9.17, 15) is 14.4 Å². The van der Waals surface area contributed by atoms with Gasteiger partial charge in [0.05, 0.1) is 6.61 Å². The Morgan fingerprint density at radius 1 is 1.09 bits per heavy atom. The number of pyridine rings is 1. The van der Waals surface area contributed by atoms with Gasteiger partial charge in [-0.1, -0.05) is 19.4 Å². The molecule has 0 unspecified atom stereocenters. The van der Waals surface area contributed by atoms with Crippen molar-refractivity contribution >= 4 is 17.6 Å². The smallest absolute Gasteiger partial charge is 0.317 e. The Balaban J connectivity index is 1.21. The topological polar surface area (TPSA) is 92.7 Å². The quantitative estimate of drug-likeness (QED) is 0.602. The third kappa shape index (κ3) is 5.74. The van der Waals surface area contributed by atoms with E-state index in [0.29, 0.717) is 31.9 Å². The van der Waals surface area contributed by atoms with Crippen LogP contribution in [0.3, 0.4) is 0 Å². The number of aromatic nitrogens is 1. The van der Waals surface area contributed by atoms with Crippen LogP contribution in [0.2, 0.25) is 0 Å². The molecule has 2 aliphatic heterocycles. The van der Waals surface area contributed by atoms with Crippen molar-refractivity contribution in [3.8, 4) is 5.75 Å². The van der Waals surface area contributed by atoms with Gasteiger partial charge in [-0.2, -0.15) is 0 Å². The van der Waals surface area contributed by atoms with E-state index in [1.165, 1.54) is 0 Å². The lowest BCUT2D eigenvalue weighted by atomic mass is 9.83. The Bertz CT molecular complexity index is 1030. The second kappa shape index (κ2) is 10.6. The highest BCUT2D eigenvalue weighted by Crippen LogP contribution is 2.34. The summed E-state index contributed by atoms with van der Waals surface area (Å²) < 4.78 is 7.48. The molecule has 33 heavy (non-hydrogen) atoms. The number of likely N-dealkylation sites (tertiary alicyclic amines) is 1. The summed E-state index contributed by atoms with van der Waals surface area (Å²) >= 11 is 0. The fraction of sp³-hybridized carbons (Fsp3) is 0.480. The number of rotatable bonds is 8. The molecular formula is C25H32N4O4. The van der Waals surface area contributed by atoms with Gasteiger partial charge in [-0.25, -0.2) is 4.79 Å². The summed E-state index contributed by atoms with van der Waals surface area (Å²) in [6.45, 7) is 4.94. The van der Waals surface area contributed by atoms with Gasteiger partial charge in [-0.05, 0) is 49.1 Å². The lowest BCUT2D eigenvalue weighted by molar-refractivity contribution is -0.116. The predicted molar refractivity (Wildman–Crippen MR) is 127 cm³/mol. The van der Waals surface area contributed by atoms with Crippen molar-refractivity contribution in [2.45, 2.75) is 45.1 Å². The summed E-state index contributed by atoms with van der Waals surface area (Å²) in [5, 5.41) is 5.72. The first kappa shape index (κ1) is 22.9. The molecule has 1 saturated heterocycles. The average Bonchev–Trinajstić information content (AvgIpc) is 2.81. The lowest BCUT2D eigenvalue weighted by Crippen LogP contribution is -2.52. The van der Waals surface area contributed by atoms with Gasteiger partial charge in [-0.15, -0.1) is 0 Å². The van der Waals surface area contributed by atoms with E-state index in [0.717, 1.165) is 30.7 Å². The van der Waals surface area contributed by atoms with E-state index in [1.54, 1.807) is 12.1 Å². The largest absolute Gasteiger partial charge is 0.494 e. The van der Waals surface area contributed by atoms with Crippen molar-refractivity contribution in [1.82, 2.24) is 14.8 Å². The monoisotopic (exact) mass is 452 g/mol. The van der Waals surface area contributed by atoms with Crippen molar-refractivity contribution in [1.29, 1.82) is 0 Å². The Kier molecular flexibility index (Phi) is 7.32. The fourth-order valence-corrected chi connectivity index (χ4v) is 4.65. The van der Waals surface area contributed by atoms with Crippen LogP contribution in [-0.2, 0) is 11.3 Å². The molecule has 0 saturated carbocycles. The van der Waals surface area contributed by atoms with Gasteiger partial charge in [0.15, 0.2) is 0 Å². The predicted octanol–water partition coefficient (Wildman–Crippen LogP) is 3.18. The minimum absolute atomic E-state index is 0.0322. The first-order valence-electron chi connectivity index (χ1n) is 11.8. The lowest BCUT2D eigenvalue weighted by Gasteiger charge is -2.42. The first-order chi connectivity index (χ1) is 16.0. The third-order valence-corrected chi connectivity index (χ3v) is 6.30. The summed E-state index contributed by atoms with van der Waals surface area (Å²) in [5.41, 5.74) is 1.74. The van der Waals surface area contributed by atoms with E-state index in [2.05, 4.69) is 17.6 Å². The molecule has 2 bridgehead atoms. The van der Waals surface area contributed by atoms with Crippen molar-refractivity contribution in [2.75, 3.05) is 31.6 Å². The van der Waals surface area contributed by atoms with E-state index < -0.39 is 0 Å². The molecule has 2 aromatic rings. The molecule has 2 atom stereocenters. The molecule has 2 N–H and O–H groups in total. The molecule has 3 heterocycles. The van der Waals surface area contributed by atoms with Crippen LogP contribution in [0.1, 0.15) is 44.2 Å². The van der Waals surface area contributed by atoms with Crippen LogP contribution in [0.15, 0.2) is 47.3 Å². The van der Waals surface area contributed by atoms with Crippen LogP contribution in [0.4, 0.5) is 10.5 Å². The average molecular weight is 453 g/mol. The van der Waals surface area contributed by atoms with Gasteiger partial charge >= 0.3 is 6.03 Å². The minimum atomic E-state index is -0.155. The van der Waals surface area contributed by atoms with Crippen molar-refractivity contribution in [3.63, 3.8) is 0 Å². The number of fused-ring (bicyclic) bond motifs is 4. The van der Waals surface area contributed by atoms with E-state index >= 15 is 0 Å². The van der Waals surface area contributed by atoms with Crippen LogP contribution in [0.5, 0.6) is 5.75 Å². The van der Waals surface area contributed by atoms with Crippen LogP contribution >= 0.6 is 0 Å². The molecule has 176 valence electrons. The summed E-state index contributed by atoms with van der Waals surface area (Å²) in [5.74, 6) is 1.08. The van der Waals surface area contributed by atoms with Crippen LogP contribution in [0.25, 0.3) is 0 Å². The fourth-order valence-electron chi connectivity index (χ4n) is 4.65. The summed E-state index contributed by atoms with van der Waals surface area (Å²) in [6, 6.07) is 12.5. The van der Waals surface area contributed by atoms with Gasteiger partial charge in [0, 0.05) is 56.0 Å². The molecule has 4 rings (SSSR count). The zero-order chi connectivity index (χ0) is 23.2. The maximum absolute atomic E-state index is 12.7. The molecule has 0 radical (unpaired) electrons. The third-order valence-electron chi connectivity index (χ3n) is 6.30. The number of piperidine rings is 1. The van der Waals surface area contributed by atoms with Crippen LogP contribution in [-0.4, -0.2) is 47.6 Å². The van der Waals surface area contributed by atoms with E-state index in [-0.39, 0.29) is 42.3 Å². The highest BCUT2D eigenvalue weighted by Gasteiger charge is 2.36. The summed E-state index contributed by atoms with van der Waals surface area (Å²) in [4.78, 5) is 38.9. The molecular weight excluding hydrogens is 420 g/mol. The molecule has 1 aromatic heterocycles. The SMILES string of the molecule is CCCCOc1ccc(NC(=O)CCNC(=O)N2C[C@@H]3C[C@@H](C2)c2cccc(=O)n2C3)cc1. The van der Waals surface area contributed by atoms with Gasteiger partial charge in [0.25, 0.3) is 5.56 Å². The number of nitrogens with zero attached hydrogens (tertiary/aromatic N) is 2.